The van der Waals surface area contributed by atoms with Gasteiger partial charge in [-0.3, -0.25) is 0 Å². The lowest BCUT2D eigenvalue weighted by Gasteiger charge is -2.15. The van der Waals surface area contributed by atoms with E-state index in [1.807, 2.05) is 11.4 Å². The SMILES string of the molecule is CCCCN(C)Cc1sccc1C=CC(=O)O. The van der Waals surface area contributed by atoms with Gasteiger partial charge < -0.3 is 10.0 Å². The van der Waals surface area contributed by atoms with Crippen molar-refractivity contribution in [3.8, 4) is 0 Å². The second-order valence-corrected chi connectivity index (χ2v) is 5.06. The predicted molar refractivity (Wildman–Crippen MR) is 72.2 cm³/mol. The summed E-state index contributed by atoms with van der Waals surface area (Å²) < 4.78 is 0. The molecule has 0 unspecified atom stereocenters. The Morgan fingerprint density at radius 3 is 3.00 bits per heavy atom. The van der Waals surface area contributed by atoms with Crippen LogP contribution in [0, 0.1) is 0 Å². The highest BCUT2D eigenvalue weighted by molar-refractivity contribution is 7.10. The fourth-order valence-corrected chi connectivity index (χ4v) is 2.49. The topological polar surface area (TPSA) is 40.5 Å². The van der Waals surface area contributed by atoms with Crippen LogP contribution >= 0.6 is 11.3 Å². The first-order chi connectivity index (χ1) is 8.13. The van der Waals surface area contributed by atoms with Crippen LogP contribution in [0.1, 0.15) is 30.2 Å². The maximum atomic E-state index is 10.5. The molecule has 94 valence electrons. The van der Waals surface area contributed by atoms with Crippen LogP contribution in [-0.2, 0) is 11.3 Å². The summed E-state index contributed by atoms with van der Waals surface area (Å²) in [6.45, 7) is 4.15. The van der Waals surface area contributed by atoms with Crippen molar-refractivity contribution in [2.45, 2.75) is 26.3 Å². The Morgan fingerprint density at radius 2 is 2.35 bits per heavy atom. The fraction of sp³-hybridized carbons (Fsp3) is 0.462. The van der Waals surface area contributed by atoms with Crippen molar-refractivity contribution in [1.82, 2.24) is 4.90 Å². The van der Waals surface area contributed by atoms with Crippen molar-refractivity contribution in [1.29, 1.82) is 0 Å². The molecule has 0 spiro atoms. The van der Waals surface area contributed by atoms with Gasteiger partial charge in [-0.25, -0.2) is 4.79 Å². The van der Waals surface area contributed by atoms with Crippen LogP contribution in [0.3, 0.4) is 0 Å². The molecule has 0 saturated heterocycles. The fourth-order valence-electron chi connectivity index (χ4n) is 1.54. The smallest absolute Gasteiger partial charge is 0.328 e. The van der Waals surface area contributed by atoms with Gasteiger partial charge in [0.05, 0.1) is 0 Å². The van der Waals surface area contributed by atoms with Gasteiger partial charge in [-0.1, -0.05) is 13.3 Å². The molecule has 0 amide bonds. The summed E-state index contributed by atoms with van der Waals surface area (Å²) in [5.74, 6) is -0.901. The molecule has 4 heteroatoms. The van der Waals surface area contributed by atoms with E-state index in [0.29, 0.717) is 0 Å². The molecule has 3 nitrogen and oxygen atoms in total. The van der Waals surface area contributed by atoms with Gasteiger partial charge in [0.25, 0.3) is 0 Å². The maximum Gasteiger partial charge on any atom is 0.328 e. The number of carbonyl (C=O) groups is 1. The molecule has 0 aliphatic carbocycles. The molecular formula is C13H19NO2S. The number of hydrogen-bond donors (Lipinski definition) is 1. The number of carboxylic acid groups (broad SMARTS) is 1. The van der Waals surface area contributed by atoms with E-state index in [9.17, 15) is 4.79 Å². The molecule has 0 saturated carbocycles. The first kappa shape index (κ1) is 13.9. The van der Waals surface area contributed by atoms with E-state index < -0.39 is 5.97 Å². The van der Waals surface area contributed by atoms with E-state index >= 15 is 0 Å². The number of aliphatic carboxylic acids is 1. The van der Waals surface area contributed by atoms with Gasteiger partial charge >= 0.3 is 5.97 Å². The Kier molecular flexibility index (Phi) is 5.94. The first-order valence-electron chi connectivity index (χ1n) is 5.79. The quantitative estimate of drug-likeness (QED) is 0.759. The summed E-state index contributed by atoms with van der Waals surface area (Å²) >= 11 is 1.68. The molecule has 1 aromatic rings. The van der Waals surface area contributed by atoms with Crippen LogP contribution < -0.4 is 0 Å². The molecule has 0 bridgehead atoms. The average Bonchev–Trinajstić information content (AvgIpc) is 2.71. The van der Waals surface area contributed by atoms with Crippen LogP contribution in [0.15, 0.2) is 17.5 Å². The van der Waals surface area contributed by atoms with E-state index in [0.717, 1.165) is 18.7 Å². The Bertz CT molecular complexity index is 385. The summed E-state index contributed by atoms with van der Waals surface area (Å²) in [4.78, 5) is 14.0. The molecule has 1 aromatic heterocycles. The summed E-state index contributed by atoms with van der Waals surface area (Å²) in [6.07, 6.45) is 5.25. The standard InChI is InChI=1S/C13H19NO2S/c1-3-4-8-14(2)10-12-11(7-9-17-12)5-6-13(15)16/h5-7,9H,3-4,8,10H2,1-2H3,(H,15,16). The highest BCUT2D eigenvalue weighted by atomic mass is 32.1. The van der Waals surface area contributed by atoms with Gasteiger partial charge in [-0.15, -0.1) is 11.3 Å². The van der Waals surface area contributed by atoms with Gasteiger partial charge in [0, 0.05) is 17.5 Å². The van der Waals surface area contributed by atoms with Crippen molar-refractivity contribution in [3.05, 3.63) is 28.0 Å². The maximum absolute atomic E-state index is 10.5. The third-order valence-corrected chi connectivity index (χ3v) is 3.41. The van der Waals surface area contributed by atoms with Crippen molar-refractivity contribution in [3.63, 3.8) is 0 Å². The molecule has 0 atom stereocenters. The highest BCUT2D eigenvalue weighted by Gasteiger charge is 2.05. The summed E-state index contributed by atoms with van der Waals surface area (Å²) in [6, 6.07) is 1.97. The van der Waals surface area contributed by atoms with Crippen molar-refractivity contribution in [2.24, 2.45) is 0 Å². The minimum atomic E-state index is -0.901. The van der Waals surface area contributed by atoms with Gasteiger partial charge in [0.1, 0.15) is 0 Å². The number of nitrogens with zero attached hydrogens (tertiary/aromatic N) is 1. The van der Waals surface area contributed by atoms with E-state index in [-0.39, 0.29) is 0 Å². The predicted octanol–water partition coefficient (Wildman–Crippen LogP) is 3.08. The minimum absolute atomic E-state index is 0.886. The van der Waals surface area contributed by atoms with Gasteiger partial charge in [-0.05, 0) is 43.1 Å². The lowest BCUT2D eigenvalue weighted by atomic mass is 10.2. The monoisotopic (exact) mass is 253 g/mol. The van der Waals surface area contributed by atoms with Crippen LogP contribution in [0.25, 0.3) is 6.08 Å². The molecule has 1 N–H and O–H groups in total. The van der Waals surface area contributed by atoms with Crippen LogP contribution in [0.4, 0.5) is 0 Å². The normalized spacial score (nSPS) is 11.5. The molecular weight excluding hydrogens is 234 g/mol. The zero-order chi connectivity index (χ0) is 12.7. The number of thiophene rings is 1. The van der Waals surface area contributed by atoms with E-state index in [1.54, 1.807) is 17.4 Å². The van der Waals surface area contributed by atoms with Crippen molar-refractivity contribution in [2.75, 3.05) is 13.6 Å². The van der Waals surface area contributed by atoms with Crippen LogP contribution in [-0.4, -0.2) is 29.6 Å². The molecule has 0 aliphatic rings. The summed E-state index contributed by atoms with van der Waals surface area (Å²) in [7, 11) is 2.10. The zero-order valence-corrected chi connectivity index (χ0v) is 11.2. The Labute approximate surface area is 106 Å². The molecule has 0 aliphatic heterocycles. The molecule has 0 aromatic carbocycles. The second-order valence-electron chi connectivity index (χ2n) is 4.06. The largest absolute Gasteiger partial charge is 0.478 e. The molecule has 0 radical (unpaired) electrons. The zero-order valence-electron chi connectivity index (χ0n) is 10.3. The molecule has 0 fully saturated rings. The number of carboxylic acids is 1. The molecule has 1 rings (SSSR count). The lowest BCUT2D eigenvalue weighted by molar-refractivity contribution is -0.131. The van der Waals surface area contributed by atoms with Gasteiger partial charge in [-0.2, -0.15) is 0 Å². The van der Waals surface area contributed by atoms with Gasteiger partial charge in [0.15, 0.2) is 0 Å². The number of hydrogen-bond acceptors (Lipinski definition) is 3. The van der Waals surface area contributed by atoms with Crippen LogP contribution in [0.2, 0.25) is 0 Å². The van der Waals surface area contributed by atoms with Crippen molar-refractivity contribution < 1.29 is 9.90 Å². The molecule has 1 heterocycles. The van der Waals surface area contributed by atoms with E-state index in [2.05, 4.69) is 18.9 Å². The average molecular weight is 253 g/mol. The third kappa shape index (κ3) is 5.15. The summed E-state index contributed by atoms with van der Waals surface area (Å²) in [5.41, 5.74) is 1.01. The highest BCUT2D eigenvalue weighted by Crippen LogP contribution is 2.20. The molecule has 17 heavy (non-hydrogen) atoms. The lowest BCUT2D eigenvalue weighted by Crippen LogP contribution is -2.18. The second kappa shape index (κ2) is 7.25. The number of unbranched alkanes of at least 4 members (excludes halogenated alkanes) is 1. The van der Waals surface area contributed by atoms with E-state index in [4.69, 9.17) is 5.11 Å². The van der Waals surface area contributed by atoms with Crippen LogP contribution in [0.5, 0.6) is 0 Å². The van der Waals surface area contributed by atoms with Crippen molar-refractivity contribution >= 4 is 23.4 Å². The summed E-state index contributed by atoms with van der Waals surface area (Å²) in [5, 5.41) is 10.6. The van der Waals surface area contributed by atoms with E-state index in [1.165, 1.54) is 23.8 Å². The Hall–Kier alpha value is -1.13. The first-order valence-corrected chi connectivity index (χ1v) is 6.67. The minimum Gasteiger partial charge on any atom is -0.478 e. The number of rotatable bonds is 7. The third-order valence-electron chi connectivity index (χ3n) is 2.49. The Morgan fingerprint density at radius 1 is 1.59 bits per heavy atom. The van der Waals surface area contributed by atoms with Gasteiger partial charge in [0.2, 0.25) is 0 Å². The Balaban J connectivity index is 2.59.